The average Bonchev–Trinajstić information content (AvgIpc) is 3.17. The van der Waals surface area contributed by atoms with Crippen molar-refractivity contribution in [2.75, 3.05) is 20.1 Å². The van der Waals surface area contributed by atoms with Gasteiger partial charge in [0.05, 0.1) is 12.2 Å². The Balaban J connectivity index is 1.54. The summed E-state index contributed by atoms with van der Waals surface area (Å²) in [5.41, 5.74) is 1.02. The first-order valence-corrected chi connectivity index (χ1v) is 7.72. The molecule has 0 saturated carbocycles. The van der Waals surface area contributed by atoms with Crippen LogP contribution >= 0.6 is 0 Å². The maximum absolute atomic E-state index is 5.14. The summed E-state index contributed by atoms with van der Waals surface area (Å²) >= 11 is 0. The van der Waals surface area contributed by atoms with E-state index in [-0.39, 0.29) is 0 Å². The highest BCUT2D eigenvalue weighted by Crippen LogP contribution is 2.18. The van der Waals surface area contributed by atoms with Gasteiger partial charge in [0, 0.05) is 38.8 Å². The predicted molar refractivity (Wildman–Crippen MR) is 82.1 cm³/mol. The van der Waals surface area contributed by atoms with Crippen LogP contribution in [0.25, 0.3) is 0 Å². The van der Waals surface area contributed by atoms with Crippen molar-refractivity contribution >= 4 is 0 Å². The number of likely N-dealkylation sites (tertiary alicyclic amines) is 1. The zero-order valence-electron chi connectivity index (χ0n) is 13.8. The first-order valence-electron chi connectivity index (χ1n) is 7.72. The van der Waals surface area contributed by atoms with Crippen LogP contribution in [0.3, 0.4) is 0 Å². The van der Waals surface area contributed by atoms with Crippen molar-refractivity contribution in [3.05, 3.63) is 29.2 Å². The van der Waals surface area contributed by atoms with E-state index in [0.717, 1.165) is 49.3 Å². The van der Waals surface area contributed by atoms with Gasteiger partial charge in [-0.1, -0.05) is 5.16 Å². The van der Waals surface area contributed by atoms with E-state index in [1.165, 1.54) is 6.42 Å². The second kappa shape index (κ2) is 6.18. The average molecular weight is 304 g/mol. The minimum Gasteiger partial charge on any atom is -0.361 e. The molecule has 1 fully saturated rings. The van der Waals surface area contributed by atoms with Crippen LogP contribution in [0.15, 0.2) is 10.6 Å². The van der Waals surface area contributed by atoms with Crippen molar-refractivity contribution in [1.82, 2.24) is 29.7 Å². The summed E-state index contributed by atoms with van der Waals surface area (Å²) in [6.07, 6.45) is 1.17. The van der Waals surface area contributed by atoms with E-state index in [0.29, 0.717) is 6.04 Å². The Morgan fingerprint density at radius 3 is 2.82 bits per heavy atom. The Morgan fingerprint density at radius 2 is 2.18 bits per heavy atom. The lowest BCUT2D eigenvalue weighted by Crippen LogP contribution is -2.34. The topological polar surface area (TPSA) is 63.2 Å². The van der Waals surface area contributed by atoms with Gasteiger partial charge >= 0.3 is 0 Å². The zero-order chi connectivity index (χ0) is 15.7. The molecular formula is C15H24N6O. The summed E-state index contributed by atoms with van der Waals surface area (Å²) in [7, 11) is 4.19. The monoisotopic (exact) mass is 304 g/mol. The number of aryl methyl sites for hydroxylation is 2. The van der Waals surface area contributed by atoms with Crippen molar-refractivity contribution in [2.24, 2.45) is 7.05 Å². The van der Waals surface area contributed by atoms with Crippen LogP contribution < -0.4 is 0 Å². The summed E-state index contributed by atoms with van der Waals surface area (Å²) < 4.78 is 7.20. The molecule has 22 heavy (non-hydrogen) atoms. The molecule has 3 rings (SSSR count). The molecular weight excluding hydrogens is 280 g/mol. The van der Waals surface area contributed by atoms with E-state index in [1.807, 2.05) is 27.0 Å². The van der Waals surface area contributed by atoms with Gasteiger partial charge in [0.25, 0.3) is 0 Å². The first-order chi connectivity index (χ1) is 10.5. The standard InChI is InChI=1S/C15H24N6O/c1-11-7-13(18-22-11)8-21-6-5-14(9-21)19(3)10-15-17-16-12(2)20(15)4/h7,14H,5-6,8-10H2,1-4H3/t14-/m1/s1. The molecule has 2 aromatic rings. The number of aromatic nitrogens is 4. The van der Waals surface area contributed by atoms with Gasteiger partial charge in [-0.05, 0) is 27.3 Å². The van der Waals surface area contributed by atoms with Gasteiger partial charge in [-0.25, -0.2) is 0 Å². The summed E-state index contributed by atoms with van der Waals surface area (Å²) in [6.45, 7) is 7.76. The molecule has 0 radical (unpaired) electrons. The van der Waals surface area contributed by atoms with E-state index >= 15 is 0 Å². The van der Waals surface area contributed by atoms with Gasteiger partial charge in [-0.3, -0.25) is 9.80 Å². The molecule has 0 aliphatic carbocycles. The van der Waals surface area contributed by atoms with Crippen LogP contribution in [0.5, 0.6) is 0 Å². The molecule has 0 amide bonds. The number of hydrogen-bond donors (Lipinski definition) is 0. The van der Waals surface area contributed by atoms with Crippen LogP contribution in [0, 0.1) is 13.8 Å². The highest BCUT2D eigenvalue weighted by atomic mass is 16.5. The lowest BCUT2D eigenvalue weighted by atomic mass is 10.2. The summed E-state index contributed by atoms with van der Waals surface area (Å²) in [6, 6.07) is 2.56. The van der Waals surface area contributed by atoms with Gasteiger partial charge in [-0.2, -0.15) is 0 Å². The molecule has 0 unspecified atom stereocenters. The Kier molecular flexibility index (Phi) is 4.26. The molecule has 0 spiro atoms. The number of likely N-dealkylation sites (N-methyl/N-ethyl adjacent to an activating group) is 1. The van der Waals surface area contributed by atoms with E-state index in [2.05, 4.69) is 36.8 Å². The molecule has 1 aliphatic heterocycles. The van der Waals surface area contributed by atoms with Crippen LogP contribution in [0.2, 0.25) is 0 Å². The summed E-state index contributed by atoms with van der Waals surface area (Å²) in [5, 5.41) is 12.5. The van der Waals surface area contributed by atoms with Gasteiger partial charge in [-0.15, -0.1) is 10.2 Å². The quantitative estimate of drug-likeness (QED) is 0.825. The van der Waals surface area contributed by atoms with E-state index in [4.69, 9.17) is 4.52 Å². The first kappa shape index (κ1) is 15.2. The fourth-order valence-electron chi connectivity index (χ4n) is 2.98. The zero-order valence-corrected chi connectivity index (χ0v) is 13.8. The van der Waals surface area contributed by atoms with Gasteiger partial charge < -0.3 is 9.09 Å². The maximum Gasteiger partial charge on any atom is 0.146 e. The van der Waals surface area contributed by atoms with Gasteiger partial charge in [0.1, 0.15) is 17.4 Å². The third-order valence-electron chi connectivity index (χ3n) is 4.51. The molecule has 3 heterocycles. The molecule has 1 atom stereocenters. The number of hydrogen-bond acceptors (Lipinski definition) is 6. The fourth-order valence-corrected chi connectivity index (χ4v) is 2.98. The summed E-state index contributed by atoms with van der Waals surface area (Å²) in [5.74, 6) is 2.85. The van der Waals surface area contributed by atoms with Crippen LogP contribution in [-0.2, 0) is 20.1 Å². The minimum atomic E-state index is 0.546. The molecule has 7 nitrogen and oxygen atoms in total. The second-order valence-electron chi connectivity index (χ2n) is 6.24. The molecule has 1 saturated heterocycles. The smallest absolute Gasteiger partial charge is 0.146 e. The third-order valence-corrected chi connectivity index (χ3v) is 4.51. The number of rotatable bonds is 5. The lowest BCUT2D eigenvalue weighted by molar-refractivity contribution is 0.215. The Labute approximate surface area is 130 Å². The largest absolute Gasteiger partial charge is 0.361 e. The fraction of sp³-hybridized carbons (Fsp3) is 0.667. The molecule has 7 heteroatoms. The van der Waals surface area contributed by atoms with E-state index < -0.39 is 0 Å². The maximum atomic E-state index is 5.14. The lowest BCUT2D eigenvalue weighted by Gasteiger charge is -2.24. The third kappa shape index (κ3) is 3.20. The van der Waals surface area contributed by atoms with Crippen LogP contribution in [0.1, 0.15) is 29.5 Å². The van der Waals surface area contributed by atoms with Crippen LogP contribution in [-0.4, -0.2) is 55.9 Å². The Morgan fingerprint density at radius 1 is 1.36 bits per heavy atom. The van der Waals surface area contributed by atoms with Crippen molar-refractivity contribution in [3.63, 3.8) is 0 Å². The Hall–Kier alpha value is -1.73. The Bertz CT molecular complexity index is 634. The van der Waals surface area contributed by atoms with Gasteiger partial charge in [0.2, 0.25) is 0 Å². The highest BCUT2D eigenvalue weighted by molar-refractivity contribution is 5.04. The van der Waals surface area contributed by atoms with Crippen LogP contribution in [0.4, 0.5) is 0 Å². The molecule has 0 bridgehead atoms. The van der Waals surface area contributed by atoms with E-state index in [9.17, 15) is 0 Å². The molecule has 0 aromatic carbocycles. The highest BCUT2D eigenvalue weighted by Gasteiger charge is 2.27. The van der Waals surface area contributed by atoms with Crippen molar-refractivity contribution < 1.29 is 4.52 Å². The van der Waals surface area contributed by atoms with Gasteiger partial charge in [0.15, 0.2) is 0 Å². The predicted octanol–water partition coefficient (Wildman–Crippen LogP) is 1.13. The van der Waals surface area contributed by atoms with Crippen molar-refractivity contribution in [1.29, 1.82) is 0 Å². The molecule has 1 aliphatic rings. The SMILES string of the molecule is Cc1cc(CN2CC[C@@H](N(C)Cc3nnc(C)n3C)C2)no1. The minimum absolute atomic E-state index is 0.546. The number of nitrogens with zero attached hydrogens (tertiary/aromatic N) is 6. The van der Waals surface area contributed by atoms with Crippen molar-refractivity contribution in [3.8, 4) is 0 Å². The molecule has 120 valence electrons. The normalized spacial score (nSPS) is 19.4. The molecule has 2 aromatic heterocycles. The van der Waals surface area contributed by atoms with E-state index in [1.54, 1.807) is 0 Å². The summed E-state index contributed by atoms with van der Waals surface area (Å²) in [4.78, 5) is 4.80. The second-order valence-corrected chi connectivity index (χ2v) is 6.24. The molecule has 0 N–H and O–H groups in total. The van der Waals surface area contributed by atoms with Crippen molar-refractivity contribution in [2.45, 2.75) is 39.4 Å².